The highest BCUT2D eigenvalue weighted by Crippen LogP contribution is 2.17. The molecule has 1 aromatic carbocycles. The standard InChI is InChI=1S/C10H12F2O/c1-6-3-4-9(11)8(10(6)12)5-7(2)13/h3-4,7,13H,5H2,1-2H3/t7-/m0/s1. The van der Waals surface area contributed by atoms with Crippen LogP contribution in [0.5, 0.6) is 0 Å². The Hall–Kier alpha value is -0.960. The maximum atomic E-state index is 13.3. The van der Waals surface area contributed by atoms with Crippen LogP contribution in [0.4, 0.5) is 8.78 Å². The zero-order valence-electron chi connectivity index (χ0n) is 7.64. The van der Waals surface area contributed by atoms with E-state index in [1.165, 1.54) is 19.1 Å². The van der Waals surface area contributed by atoms with Crippen LogP contribution in [0.3, 0.4) is 0 Å². The van der Waals surface area contributed by atoms with E-state index in [-0.39, 0.29) is 12.0 Å². The third-order valence-electron chi connectivity index (χ3n) is 1.88. The summed E-state index contributed by atoms with van der Waals surface area (Å²) in [5.41, 5.74) is 0.368. The van der Waals surface area contributed by atoms with Gasteiger partial charge in [-0.1, -0.05) is 6.07 Å². The summed E-state index contributed by atoms with van der Waals surface area (Å²) in [6.45, 7) is 3.07. The lowest BCUT2D eigenvalue weighted by molar-refractivity contribution is 0.192. The van der Waals surface area contributed by atoms with Crippen LogP contribution >= 0.6 is 0 Å². The van der Waals surface area contributed by atoms with E-state index < -0.39 is 17.7 Å². The Balaban J connectivity index is 3.10. The van der Waals surface area contributed by atoms with E-state index in [1.807, 2.05) is 0 Å². The van der Waals surface area contributed by atoms with Crippen LogP contribution in [0.25, 0.3) is 0 Å². The van der Waals surface area contributed by atoms with Gasteiger partial charge < -0.3 is 5.11 Å². The SMILES string of the molecule is Cc1ccc(F)c(C[C@H](C)O)c1F. The van der Waals surface area contributed by atoms with Crippen LogP contribution in [0.15, 0.2) is 12.1 Å². The molecule has 1 N–H and O–H groups in total. The van der Waals surface area contributed by atoms with Crippen LogP contribution in [-0.4, -0.2) is 11.2 Å². The first-order valence-electron chi connectivity index (χ1n) is 4.14. The molecule has 0 saturated heterocycles. The highest BCUT2D eigenvalue weighted by atomic mass is 19.1. The minimum atomic E-state index is -0.731. The summed E-state index contributed by atoms with van der Waals surface area (Å²) < 4.78 is 26.3. The smallest absolute Gasteiger partial charge is 0.132 e. The molecule has 0 aromatic heterocycles. The average Bonchev–Trinajstić information content (AvgIpc) is 2.05. The van der Waals surface area contributed by atoms with Gasteiger partial charge in [-0.05, 0) is 25.5 Å². The van der Waals surface area contributed by atoms with E-state index in [0.29, 0.717) is 5.56 Å². The summed E-state index contributed by atoms with van der Waals surface area (Å²) >= 11 is 0. The molecule has 0 aliphatic carbocycles. The number of halogens is 2. The van der Waals surface area contributed by atoms with Crippen molar-refractivity contribution in [3.05, 3.63) is 34.9 Å². The van der Waals surface area contributed by atoms with E-state index in [1.54, 1.807) is 6.92 Å². The maximum absolute atomic E-state index is 13.3. The Morgan fingerprint density at radius 1 is 1.38 bits per heavy atom. The van der Waals surface area contributed by atoms with Gasteiger partial charge in [-0.15, -0.1) is 0 Å². The molecule has 1 aromatic rings. The van der Waals surface area contributed by atoms with E-state index in [4.69, 9.17) is 5.11 Å². The van der Waals surface area contributed by atoms with Crippen LogP contribution < -0.4 is 0 Å². The van der Waals surface area contributed by atoms with E-state index >= 15 is 0 Å². The van der Waals surface area contributed by atoms with Gasteiger partial charge in [0.1, 0.15) is 11.6 Å². The molecule has 0 spiro atoms. The van der Waals surface area contributed by atoms with Crippen molar-refractivity contribution in [1.82, 2.24) is 0 Å². The number of rotatable bonds is 2. The number of aliphatic hydroxyl groups excluding tert-OH is 1. The first-order chi connectivity index (χ1) is 6.02. The molecule has 72 valence electrons. The van der Waals surface area contributed by atoms with Crippen molar-refractivity contribution in [2.45, 2.75) is 26.4 Å². The summed E-state index contributed by atoms with van der Waals surface area (Å²) in [7, 11) is 0. The van der Waals surface area contributed by atoms with Crippen LogP contribution in [0.2, 0.25) is 0 Å². The van der Waals surface area contributed by atoms with Crippen LogP contribution in [-0.2, 0) is 6.42 Å². The van der Waals surface area contributed by atoms with Crippen molar-refractivity contribution in [3.63, 3.8) is 0 Å². The first-order valence-corrected chi connectivity index (χ1v) is 4.14. The topological polar surface area (TPSA) is 20.2 Å². The van der Waals surface area contributed by atoms with Gasteiger partial charge in [0.15, 0.2) is 0 Å². The van der Waals surface area contributed by atoms with Gasteiger partial charge in [-0.2, -0.15) is 0 Å². The second-order valence-corrected chi connectivity index (χ2v) is 3.21. The molecule has 0 saturated carbocycles. The fourth-order valence-electron chi connectivity index (χ4n) is 1.20. The third-order valence-corrected chi connectivity index (χ3v) is 1.88. The Morgan fingerprint density at radius 3 is 2.54 bits per heavy atom. The van der Waals surface area contributed by atoms with E-state index in [2.05, 4.69) is 0 Å². The minimum Gasteiger partial charge on any atom is -0.393 e. The van der Waals surface area contributed by atoms with Gasteiger partial charge >= 0.3 is 0 Å². The Labute approximate surface area is 76.0 Å². The summed E-state index contributed by atoms with van der Waals surface area (Å²) in [6, 6.07) is 2.60. The molecule has 0 fully saturated rings. The van der Waals surface area contributed by atoms with E-state index in [0.717, 1.165) is 0 Å². The second-order valence-electron chi connectivity index (χ2n) is 3.21. The molecule has 1 rings (SSSR count). The zero-order valence-corrected chi connectivity index (χ0v) is 7.64. The summed E-state index contributed by atoms with van der Waals surface area (Å²) in [4.78, 5) is 0. The van der Waals surface area contributed by atoms with Crippen molar-refractivity contribution in [1.29, 1.82) is 0 Å². The number of aliphatic hydroxyl groups is 1. The molecule has 1 nitrogen and oxygen atoms in total. The quantitative estimate of drug-likeness (QED) is 0.750. The number of aryl methyl sites for hydroxylation is 1. The van der Waals surface area contributed by atoms with Crippen molar-refractivity contribution in [2.24, 2.45) is 0 Å². The van der Waals surface area contributed by atoms with Gasteiger partial charge in [-0.25, -0.2) is 8.78 Å². The molecular weight excluding hydrogens is 174 g/mol. The largest absolute Gasteiger partial charge is 0.393 e. The van der Waals surface area contributed by atoms with Crippen molar-refractivity contribution in [3.8, 4) is 0 Å². The molecule has 0 radical (unpaired) electrons. The Kier molecular flexibility index (Phi) is 2.98. The monoisotopic (exact) mass is 186 g/mol. The predicted molar refractivity (Wildman–Crippen MR) is 46.5 cm³/mol. The molecule has 0 amide bonds. The van der Waals surface area contributed by atoms with Gasteiger partial charge in [-0.3, -0.25) is 0 Å². The predicted octanol–water partition coefficient (Wildman–Crippen LogP) is 2.20. The fourth-order valence-corrected chi connectivity index (χ4v) is 1.20. The molecule has 0 unspecified atom stereocenters. The Morgan fingerprint density at radius 2 is 2.00 bits per heavy atom. The molecule has 3 heteroatoms. The number of benzene rings is 1. The third kappa shape index (κ3) is 2.25. The first kappa shape index (κ1) is 10.1. The molecule has 1 atom stereocenters. The lowest BCUT2D eigenvalue weighted by atomic mass is 10.0. The zero-order chi connectivity index (χ0) is 10.0. The molecule has 0 heterocycles. The minimum absolute atomic E-state index is 0.0132. The summed E-state index contributed by atoms with van der Waals surface area (Å²) in [6.07, 6.45) is -0.718. The van der Waals surface area contributed by atoms with Crippen molar-refractivity contribution in [2.75, 3.05) is 0 Å². The maximum Gasteiger partial charge on any atom is 0.132 e. The lowest BCUT2D eigenvalue weighted by Crippen LogP contribution is -2.09. The highest BCUT2D eigenvalue weighted by Gasteiger charge is 2.12. The summed E-state index contributed by atoms with van der Waals surface area (Å²) in [5, 5.41) is 9.01. The van der Waals surface area contributed by atoms with Crippen molar-refractivity contribution < 1.29 is 13.9 Å². The van der Waals surface area contributed by atoms with Crippen LogP contribution in [0.1, 0.15) is 18.1 Å². The Bertz CT molecular complexity index is 308. The molecule has 0 bridgehead atoms. The normalized spacial score (nSPS) is 13.0. The van der Waals surface area contributed by atoms with Gasteiger partial charge in [0.2, 0.25) is 0 Å². The molecule has 0 aliphatic heterocycles. The molecular formula is C10H12F2O. The molecule has 0 aliphatic rings. The molecule has 13 heavy (non-hydrogen) atoms. The number of hydrogen-bond acceptors (Lipinski definition) is 1. The number of hydrogen-bond donors (Lipinski definition) is 1. The van der Waals surface area contributed by atoms with Crippen LogP contribution in [0, 0.1) is 18.6 Å². The lowest BCUT2D eigenvalue weighted by Gasteiger charge is -2.08. The van der Waals surface area contributed by atoms with Gasteiger partial charge in [0.05, 0.1) is 6.10 Å². The highest BCUT2D eigenvalue weighted by molar-refractivity contribution is 5.26. The van der Waals surface area contributed by atoms with Gasteiger partial charge in [0.25, 0.3) is 0 Å². The summed E-state index contributed by atoms with van der Waals surface area (Å²) in [5.74, 6) is -1.15. The fraction of sp³-hybridized carbons (Fsp3) is 0.400. The van der Waals surface area contributed by atoms with Gasteiger partial charge in [0, 0.05) is 12.0 Å². The average molecular weight is 186 g/mol. The second kappa shape index (κ2) is 3.83. The van der Waals surface area contributed by atoms with E-state index in [9.17, 15) is 8.78 Å². The van der Waals surface area contributed by atoms with Crippen molar-refractivity contribution >= 4 is 0 Å².